The van der Waals surface area contributed by atoms with Crippen molar-refractivity contribution in [3.8, 4) is 0 Å². The average molecular weight is 157 g/mol. The number of hydrogen-bond acceptors (Lipinski definition) is 2. The molecule has 2 atom stereocenters. The molecular formula is C8H13OS. The molecule has 1 radical (unpaired) electrons. The summed E-state index contributed by atoms with van der Waals surface area (Å²) >= 11 is 1.56. The maximum absolute atomic E-state index is 5.54. The van der Waals surface area contributed by atoms with Crippen molar-refractivity contribution in [3.05, 3.63) is 5.75 Å². The summed E-state index contributed by atoms with van der Waals surface area (Å²) in [5.74, 6) is 3.06. The first kappa shape index (κ1) is 6.99. The van der Waals surface area contributed by atoms with Crippen molar-refractivity contribution in [2.24, 2.45) is 5.92 Å². The first-order chi connectivity index (χ1) is 4.97. The summed E-state index contributed by atoms with van der Waals surface area (Å²) in [5, 5.41) is 0. The van der Waals surface area contributed by atoms with E-state index in [1.165, 1.54) is 32.1 Å². The van der Waals surface area contributed by atoms with E-state index in [-0.39, 0.29) is 0 Å². The summed E-state index contributed by atoms with van der Waals surface area (Å²) in [4.78, 5) is 0. The minimum atomic E-state index is 0.587. The molecule has 0 amide bonds. The van der Waals surface area contributed by atoms with Crippen LogP contribution in [0.4, 0.5) is 0 Å². The minimum Gasteiger partial charge on any atom is -0.311 e. The molecule has 2 unspecified atom stereocenters. The van der Waals surface area contributed by atoms with Crippen molar-refractivity contribution in [1.82, 2.24) is 0 Å². The van der Waals surface area contributed by atoms with E-state index in [9.17, 15) is 0 Å². The highest BCUT2D eigenvalue weighted by Gasteiger charge is 2.28. The lowest BCUT2D eigenvalue weighted by atomic mass is 9.85. The molecule has 1 nitrogen and oxygen atoms in total. The van der Waals surface area contributed by atoms with Gasteiger partial charge in [0, 0.05) is 5.75 Å². The number of hydrogen-bond donors (Lipinski definition) is 0. The van der Waals surface area contributed by atoms with E-state index in [1.54, 1.807) is 12.0 Å². The SMILES string of the molecule is [CH]1CC2CCCCC2OS1. The fourth-order valence-corrected chi connectivity index (χ4v) is 2.64. The minimum absolute atomic E-state index is 0.587. The first-order valence-corrected chi connectivity index (χ1v) is 4.91. The fraction of sp³-hybridized carbons (Fsp3) is 0.875. The molecule has 57 valence electrons. The molecule has 0 aromatic carbocycles. The lowest BCUT2D eigenvalue weighted by Gasteiger charge is -2.33. The van der Waals surface area contributed by atoms with E-state index >= 15 is 0 Å². The second-order valence-electron chi connectivity index (χ2n) is 3.18. The molecule has 1 saturated carbocycles. The Hall–Kier alpha value is 0.310. The third kappa shape index (κ3) is 1.32. The normalized spacial score (nSPS) is 40.8. The Labute approximate surface area is 66.7 Å². The molecule has 1 saturated heterocycles. The molecule has 2 fully saturated rings. The van der Waals surface area contributed by atoms with Gasteiger partial charge < -0.3 is 4.18 Å². The molecule has 0 aromatic heterocycles. The summed E-state index contributed by atoms with van der Waals surface area (Å²) in [6.07, 6.45) is 7.34. The molecule has 2 heteroatoms. The standard InChI is InChI=1S/C8H13OS/c1-2-4-8-7(3-1)5-6-10-9-8/h6-8H,1-5H2. The van der Waals surface area contributed by atoms with Crippen LogP contribution < -0.4 is 0 Å². The van der Waals surface area contributed by atoms with E-state index in [0.717, 1.165) is 5.92 Å². The van der Waals surface area contributed by atoms with E-state index in [4.69, 9.17) is 4.18 Å². The highest BCUT2D eigenvalue weighted by Crippen LogP contribution is 2.38. The van der Waals surface area contributed by atoms with Gasteiger partial charge in [-0.2, -0.15) is 0 Å². The van der Waals surface area contributed by atoms with Crippen LogP contribution in [0.15, 0.2) is 0 Å². The fourth-order valence-electron chi connectivity index (χ4n) is 1.84. The van der Waals surface area contributed by atoms with Crippen molar-refractivity contribution in [1.29, 1.82) is 0 Å². The van der Waals surface area contributed by atoms with Gasteiger partial charge in [0.1, 0.15) is 0 Å². The van der Waals surface area contributed by atoms with Crippen LogP contribution in [0.1, 0.15) is 32.1 Å². The van der Waals surface area contributed by atoms with Crippen molar-refractivity contribution < 1.29 is 4.18 Å². The third-order valence-electron chi connectivity index (χ3n) is 2.49. The zero-order valence-electron chi connectivity index (χ0n) is 6.08. The molecule has 0 aromatic rings. The Balaban J connectivity index is 1.93. The zero-order valence-corrected chi connectivity index (χ0v) is 6.90. The van der Waals surface area contributed by atoms with E-state index < -0.39 is 0 Å². The Morgan fingerprint density at radius 2 is 2.20 bits per heavy atom. The molecule has 0 N–H and O–H groups in total. The van der Waals surface area contributed by atoms with Crippen molar-refractivity contribution in [3.63, 3.8) is 0 Å². The van der Waals surface area contributed by atoms with Crippen LogP contribution in [-0.4, -0.2) is 6.10 Å². The van der Waals surface area contributed by atoms with Crippen LogP contribution in [0.25, 0.3) is 0 Å². The van der Waals surface area contributed by atoms with Crippen LogP contribution in [0.2, 0.25) is 0 Å². The Morgan fingerprint density at radius 3 is 3.10 bits per heavy atom. The van der Waals surface area contributed by atoms with Crippen molar-refractivity contribution in [2.45, 2.75) is 38.2 Å². The molecule has 10 heavy (non-hydrogen) atoms. The van der Waals surface area contributed by atoms with Crippen molar-refractivity contribution in [2.75, 3.05) is 0 Å². The summed E-state index contributed by atoms with van der Waals surface area (Å²) in [6, 6.07) is 0. The van der Waals surface area contributed by atoms with E-state index in [2.05, 4.69) is 5.75 Å². The van der Waals surface area contributed by atoms with Gasteiger partial charge in [-0.3, -0.25) is 0 Å². The van der Waals surface area contributed by atoms with Gasteiger partial charge in [-0.05, 0) is 37.2 Å². The molecular weight excluding hydrogens is 144 g/mol. The maximum Gasteiger partial charge on any atom is 0.0751 e. The number of rotatable bonds is 0. The van der Waals surface area contributed by atoms with E-state index in [1.807, 2.05) is 0 Å². The molecule has 1 heterocycles. The zero-order chi connectivity index (χ0) is 6.81. The highest BCUT2D eigenvalue weighted by molar-refractivity contribution is 7.96. The smallest absolute Gasteiger partial charge is 0.0751 e. The lowest BCUT2D eigenvalue weighted by Crippen LogP contribution is -2.28. The quantitative estimate of drug-likeness (QED) is 0.500. The van der Waals surface area contributed by atoms with Crippen LogP contribution >= 0.6 is 12.0 Å². The molecule has 1 aliphatic carbocycles. The van der Waals surface area contributed by atoms with Crippen LogP contribution in [0, 0.1) is 11.7 Å². The molecule has 1 aliphatic heterocycles. The summed E-state index contributed by atoms with van der Waals surface area (Å²) < 4.78 is 5.54. The molecule has 2 rings (SSSR count). The van der Waals surface area contributed by atoms with Gasteiger partial charge in [-0.25, -0.2) is 0 Å². The molecule has 0 spiro atoms. The lowest BCUT2D eigenvalue weighted by molar-refractivity contribution is 0.106. The number of fused-ring (bicyclic) bond motifs is 1. The predicted molar refractivity (Wildman–Crippen MR) is 43.3 cm³/mol. The second-order valence-corrected chi connectivity index (χ2v) is 3.90. The highest BCUT2D eigenvalue weighted by atomic mass is 32.2. The summed E-state index contributed by atoms with van der Waals surface area (Å²) in [7, 11) is 0. The summed E-state index contributed by atoms with van der Waals surface area (Å²) in [5.41, 5.74) is 0. The maximum atomic E-state index is 5.54. The van der Waals surface area contributed by atoms with Gasteiger partial charge in [0.25, 0.3) is 0 Å². The Kier molecular flexibility index (Phi) is 2.19. The second kappa shape index (κ2) is 3.14. The van der Waals surface area contributed by atoms with Crippen molar-refractivity contribution >= 4 is 12.0 Å². The van der Waals surface area contributed by atoms with Gasteiger partial charge in [0.05, 0.1) is 6.10 Å². The van der Waals surface area contributed by atoms with Gasteiger partial charge >= 0.3 is 0 Å². The average Bonchev–Trinajstić information content (AvgIpc) is 2.05. The van der Waals surface area contributed by atoms with Gasteiger partial charge in [0.15, 0.2) is 0 Å². The summed E-state index contributed by atoms with van der Waals surface area (Å²) in [6.45, 7) is 0. The third-order valence-corrected chi connectivity index (χ3v) is 3.17. The molecule has 0 bridgehead atoms. The predicted octanol–water partition coefficient (Wildman–Crippen LogP) is 2.78. The Morgan fingerprint density at radius 1 is 1.30 bits per heavy atom. The topological polar surface area (TPSA) is 9.23 Å². The first-order valence-electron chi connectivity index (χ1n) is 4.10. The van der Waals surface area contributed by atoms with Crippen LogP contribution in [0.5, 0.6) is 0 Å². The van der Waals surface area contributed by atoms with Crippen LogP contribution in [0.3, 0.4) is 0 Å². The van der Waals surface area contributed by atoms with Crippen LogP contribution in [-0.2, 0) is 4.18 Å². The molecule has 2 aliphatic rings. The van der Waals surface area contributed by atoms with Gasteiger partial charge in [-0.1, -0.05) is 12.8 Å². The largest absolute Gasteiger partial charge is 0.311 e. The monoisotopic (exact) mass is 157 g/mol. The van der Waals surface area contributed by atoms with E-state index in [0.29, 0.717) is 6.10 Å². The Bertz CT molecular complexity index is 89.8. The van der Waals surface area contributed by atoms with Gasteiger partial charge in [-0.15, -0.1) is 0 Å². The van der Waals surface area contributed by atoms with Gasteiger partial charge in [0.2, 0.25) is 0 Å².